The Balaban J connectivity index is 1.78. The van der Waals surface area contributed by atoms with Crippen LogP contribution in [-0.4, -0.2) is 41.2 Å². The van der Waals surface area contributed by atoms with Crippen molar-refractivity contribution >= 4 is 29.3 Å². The first-order chi connectivity index (χ1) is 11.3. The molecule has 3 rings (SSSR count). The van der Waals surface area contributed by atoms with Crippen molar-refractivity contribution < 1.29 is 22.8 Å². The number of hydrogen-bond donors (Lipinski definition) is 1. The lowest BCUT2D eigenvalue weighted by atomic mass is 9.97. The monoisotopic (exact) mass is 358 g/mol. The van der Waals surface area contributed by atoms with E-state index in [0.29, 0.717) is 24.2 Å². The van der Waals surface area contributed by atoms with E-state index in [1.54, 1.807) is 25.1 Å². The van der Waals surface area contributed by atoms with E-state index in [0.717, 1.165) is 4.90 Å². The number of halogens is 3. The minimum atomic E-state index is -4.28. The lowest BCUT2D eigenvalue weighted by molar-refractivity contribution is -0.184. The van der Waals surface area contributed by atoms with Gasteiger partial charge in [-0.2, -0.15) is 13.2 Å². The summed E-state index contributed by atoms with van der Waals surface area (Å²) in [5.41, 5.74) is 0.838. The smallest absolute Gasteiger partial charge is 0.338 e. The zero-order valence-corrected chi connectivity index (χ0v) is 13.8. The van der Waals surface area contributed by atoms with Crippen LogP contribution in [0.25, 0.3) is 0 Å². The fraction of sp³-hybridized carbons (Fsp3) is 0.500. The minimum absolute atomic E-state index is 0.0576. The van der Waals surface area contributed by atoms with Gasteiger partial charge in [-0.3, -0.25) is 9.59 Å². The van der Waals surface area contributed by atoms with E-state index in [-0.39, 0.29) is 24.1 Å². The molecule has 0 radical (unpaired) electrons. The highest BCUT2D eigenvalue weighted by molar-refractivity contribution is 8.00. The van der Waals surface area contributed by atoms with Gasteiger partial charge in [0.05, 0.1) is 16.9 Å². The minimum Gasteiger partial charge on any atom is -0.338 e. The number of amides is 2. The molecule has 0 spiro atoms. The van der Waals surface area contributed by atoms with Gasteiger partial charge in [0.15, 0.2) is 0 Å². The molecule has 130 valence electrons. The molecule has 1 saturated heterocycles. The Morgan fingerprint density at radius 1 is 1.38 bits per heavy atom. The zero-order valence-electron chi connectivity index (χ0n) is 13.0. The Morgan fingerprint density at radius 3 is 2.83 bits per heavy atom. The van der Waals surface area contributed by atoms with E-state index < -0.39 is 18.0 Å². The molecule has 8 heteroatoms. The third-order valence-corrected chi connectivity index (χ3v) is 5.51. The maximum Gasteiger partial charge on any atom is 0.393 e. The molecular weight excluding hydrogens is 341 g/mol. The van der Waals surface area contributed by atoms with Crippen LogP contribution in [0.5, 0.6) is 0 Å². The molecule has 1 N–H and O–H groups in total. The SMILES string of the molecule is C[C@H]1Sc2ccc(C(=O)N3CCC[C@@H](C(F)(F)F)C3)cc2NC1=O. The Labute approximate surface area is 141 Å². The predicted octanol–water partition coefficient (Wildman–Crippen LogP) is 3.53. The largest absolute Gasteiger partial charge is 0.393 e. The van der Waals surface area contributed by atoms with Gasteiger partial charge < -0.3 is 10.2 Å². The van der Waals surface area contributed by atoms with Gasteiger partial charge in [-0.25, -0.2) is 0 Å². The van der Waals surface area contributed by atoms with Gasteiger partial charge in [0.2, 0.25) is 5.91 Å². The van der Waals surface area contributed by atoms with Crippen LogP contribution in [0.2, 0.25) is 0 Å². The van der Waals surface area contributed by atoms with Gasteiger partial charge in [0.1, 0.15) is 0 Å². The van der Waals surface area contributed by atoms with Crippen LogP contribution in [0, 0.1) is 5.92 Å². The molecule has 0 unspecified atom stereocenters. The summed E-state index contributed by atoms with van der Waals surface area (Å²) in [5, 5.41) is 2.52. The lowest BCUT2D eigenvalue weighted by Gasteiger charge is -2.34. The molecule has 4 nitrogen and oxygen atoms in total. The number of nitrogens with one attached hydrogen (secondary N) is 1. The number of carbonyl (C=O) groups excluding carboxylic acids is 2. The fourth-order valence-corrected chi connectivity index (χ4v) is 3.88. The molecule has 1 aromatic carbocycles. The van der Waals surface area contributed by atoms with E-state index >= 15 is 0 Å². The molecule has 2 aliphatic heterocycles. The molecule has 0 saturated carbocycles. The van der Waals surface area contributed by atoms with Gasteiger partial charge in [-0.05, 0) is 38.0 Å². The van der Waals surface area contributed by atoms with Crippen LogP contribution in [-0.2, 0) is 4.79 Å². The number of rotatable bonds is 1. The molecule has 2 heterocycles. The maximum absolute atomic E-state index is 12.9. The van der Waals surface area contributed by atoms with E-state index in [1.165, 1.54) is 16.7 Å². The summed E-state index contributed by atoms with van der Waals surface area (Å²) in [7, 11) is 0. The molecule has 1 aromatic rings. The number of likely N-dealkylation sites (tertiary alicyclic amines) is 1. The first-order valence-electron chi connectivity index (χ1n) is 7.73. The number of alkyl halides is 3. The van der Waals surface area contributed by atoms with Crippen molar-refractivity contribution in [1.29, 1.82) is 0 Å². The number of hydrogen-bond acceptors (Lipinski definition) is 3. The number of piperidine rings is 1. The summed E-state index contributed by atoms with van der Waals surface area (Å²) in [5.74, 6) is -2.04. The Bertz CT molecular complexity index is 678. The molecule has 24 heavy (non-hydrogen) atoms. The molecule has 0 bridgehead atoms. The number of anilines is 1. The standard InChI is InChI=1S/C16H17F3N2O2S/c1-9-14(22)20-12-7-10(4-5-13(12)24-9)15(23)21-6-2-3-11(8-21)16(17,18)19/h4-5,7,9,11H,2-3,6,8H2,1H3,(H,20,22)/t9-,11-/m1/s1. The van der Waals surface area contributed by atoms with Gasteiger partial charge in [0, 0.05) is 23.5 Å². The summed E-state index contributed by atoms with van der Waals surface area (Å²) in [4.78, 5) is 26.4. The molecule has 2 amide bonds. The zero-order chi connectivity index (χ0) is 17.5. The van der Waals surface area contributed by atoms with E-state index in [4.69, 9.17) is 0 Å². The van der Waals surface area contributed by atoms with Crippen molar-refractivity contribution in [3.8, 4) is 0 Å². The molecule has 0 aromatic heterocycles. The number of carbonyl (C=O) groups is 2. The lowest BCUT2D eigenvalue weighted by Crippen LogP contribution is -2.44. The summed E-state index contributed by atoms with van der Waals surface area (Å²) in [6.07, 6.45) is -3.89. The van der Waals surface area contributed by atoms with Crippen LogP contribution in [0.3, 0.4) is 0 Å². The van der Waals surface area contributed by atoms with Gasteiger partial charge in [-0.1, -0.05) is 0 Å². The van der Waals surface area contributed by atoms with Crippen molar-refractivity contribution in [1.82, 2.24) is 4.90 Å². The average molecular weight is 358 g/mol. The second-order valence-corrected chi connectivity index (χ2v) is 7.47. The van der Waals surface area contributed by atoms with Gasteiger partial charge in [-0.15, -0.1) is 11.8 Å². The third-order valence-electron chi connectivity index (χ3n) is 4.33. The quantitative estimate of drug-likeness (QED) is 0.835. The molecular formula is C16H17F3N2O2S. The Kier molecular flexibility index (Phi) is 4.50. The number of nitrogens with zero attached hydrogens (tertiary/aromatic N) is 1. The Morgan fingerprint density at radius 2 is 2.12 bits per heavy atom. The fourth-order valence-electron chi connectivity index (χ4n) is 2.95. The highest BCUT2D eigenvalue weighted by Crippen LogP contribution is 2.37. The van der Waals surface area contributed by atoms with Crippen molar-refractivity contribution in [2.24, 2.45) is 5.92 Å². The molecule has 2 atom stereocenters. The number of thioether (sulfide) groups is 1. The predicted molar refractivity (Wildman–Crippen MR) is 85.1 cm³/mol. The summed E-state index contributed by atoms with van der Waals surface area (Å²) >= 11 is 1.39. The van der Waals surface area contributed by atoms with Crippen LogP contribution >= 0.6 is 11.8 Å². The number of benzene rings is 1. The van der Waals surface area contributed by atoms with Crippen LogP contribution in [0.1, 0.15) is 30.1 Å². The highest BCUT2D eigenvalue weighted by Gasteiger charge is 2.42. The Hall–Kier alpha value is -1.70. The highest BCUT2D eigenvalue weighted by atomic mass is 32.2. The normalized spacial score (nSPS) is 24.3. The summed E-state index contributed by atoms with van der Waals surface area (Å²) in [6, 6.07) is 4.88. The molecule has 2 aliphatic rings. The topological polar surface area (TPSA) is 49.4 Å². The average Bonchev–Trinajstić information content (AvgIpc) is 2.54. The number of fused-ring (bicyclic) bond motifs is 1. The maximum atomic E-state index is 12.9. The third kappa shape index (κ3) is 3.38. The van der Waals surface area contributed by atoms with Gasteiger partial charge >= 0.3 is 6.18 Å². The van der Waals surface area contributed by atoms with Crippen LogP contribution in [0.15, 0.2) is 23.1 Å². The van der Waals surface area contributed by atoms with Crippen LogP contribution in [0.4, 0.5) is 18.9 Å². The summed E-state index contributed by atoms with van der Waals surface area (Å²) < 4.78 is 38.7. The second-order valence-electron chi connectivity index (χ2n) is 6.09. The molecule has 0 aliphatic carbocycles. The van der Waals surface area contributed by atoms with Crippen molar-refractivity contribution in [3.63, 3.8) is 0 Å². The molecule has 1 fully saturated rings. The van der Waals surface area contributed by atoms with Crippen molar-refractivity contribution in [2.75, 3.05) is 18.4 Å². The van der Waals surface area contributed by atoms with Crippen LogP contribution < -0.4 is 5.32 Å². The first kappa shape index (κ1) is 17.1. The summed E-state index contributed by atoms with van der Waals surface area (Å²) in [6.45, 7) is 1.80. The van der Waals surface area contributed by atoms with Crippen molar-refractivity contribution in [3.05, 3.63) is 23.8 Å². The first-order valence-corrected chi connectivity index (χ1v) is 8.61. The van der Waals surface area contributed by atoms with E-state index in [2.05, 4.69) is 5.32 Å². The van der Waals surface area contributed by atoms with E-state index in [1.807, 2.05) is 0 Å². The second kappa shape index (κ2) is 6.31. The van der Waals surface area contributed by atoms with Crippen molar-refractivity contribution in [2.45, 2.75) is 36.1 Å². The van der Waals surface area contributed by atoms with Gasteiger partial charge in [0.25, 0.3) is 5.91 Å². The van der Waals surface area contributed by atoms with E-state index in [9.17, 15) is 22.8 Å².